The van der Waals surface area contributed by atoms with Crippen molar-refractivity contribution in [3.63, 3.8) is 0 Å². The number of benzene rings is 1. The first-order chi connectivity index (χ1) is 9.94. The van der Waals surface area contributed by atoms with Gasteiger partial charge in [-0.2, -0.15) is 0 Å². The molecule has 0 spiro atoms. The number of hydrogen-bond donors (Lipinski definition) is 2. The molecule has 0 aliphatic rings. The molecule has 2 N–H and O–H groups in total. The van der Waals surface area contributed by atoms with E-state index in [-0.39, 0.29) is 11.4 Å². The molecule has 1 aromatic heterocycles. The Labute approximate surface area is 124 Å². The van der Waals surface area contributed by atoms with E-state index in [1.54, 1.807) is 32.2 Å². The highest BCUT2D eigenvalue weighted by atomic mass is 32.2. The first kappa shape index (κ1) is 15.7. The fourth-order valence-electron chi connectivity index (χ4n) is 1.95. The molecule has 0 saturated heterocycles. The maximum absolute atomic E-state index is 12.4. The Kier molecular flexibility index (Phi) is 4.76. The summed E-state index contributed by atoms with van der Waals surface area (Å²) in [6, 6.07) is 6.88. The number of hydrogen-bond acceptors (Lipinski definition) is 5. The largest absolute Gasteiger partial charge is 0.444 e. The number of aryl methyl sites for hydroxylation is 2. The Balaban J connectivity index is 2.18. The van der Waals surface area contributed by atoms with Crippen LogP contribution in [0.2, 0.25) is 0 Å². The van der Waals surface area contributed by atoms with Crippen molar-refractivity contribution in [2.24, 2.45) is 0 Å². The highest BCUT2D eigenvalue weighted by molar-refractivity contribution is 7.89. The maximum atomic E-state index is 12.4. The summed E-state index contributed by atoms with van der Waals surface area (Å²) in [5.41, 5.74) is 1.48. The Morgan fingerprint density at radius 1 is 1.19 bits per heavy atom. The minimum Gasteiger partial charge on any atom is -0.444 e. The molecular weight excluding hydrogens is 290 g/mol. The molecule has 7 heteroatoms. The van der Waals surface area contributed by atoms with Crippen LogP contribution >= 0.6 is 0 Å². The molecule has 2 aromatic rings. The third-order valence-electron chi connectivity index (χ3n) is 3.12. The van der Waals surface area contributed by atoms with E-state index in [1.165, 1.54) is 0 Å². The molecule has 114 valence electrons. The monoisotopic (exact) mass is 309 g/mol. The zero-order valence-corrected chi connectivity index (χ0v) is 13.1. The molecule has 1 aromatic carbocycles. The number of nitrogens with one attached hydrogen (secondary N) is 2. The first-order valence-corrected chi connectivity index (χ1v) is 8.07. The molecule has 0 unspecified atom stereocenters. The van der Waals surface area contributed by atoms with Gasteiger partial charge in [-0.05, 0) is 32.5 Å². The standard InChI is InChI=1S/C14H19N3O3S/c1-10-11(2)20-14(17-10)9-16-21(18,19)13-7-5-4-6-12(13)8-15-3/h4-7,15-16H,8-9H2,1-3H3. The van der Waals surface area contributed by atoms with Gasteiger partial charge in [0.1, 0.15) is 5.76 Å². The third kappa shape index (κ3) is 3.69. The highest BCUT2D eigenvalue weighted by Crippen LogP contribution is 2.16. The van der Waals surface area contributed by atoms with Gasteiger partial charge in [0.2, 0.25) is 15.9 Å². The average molecular weight is 309 g/mol. The van der Waals surface area contributed by atoms with Crippen LogP contribution in [0, 0.1) is 13.8 Å². The van der Waals surface area contributed by atoms with E-state index < -0.39 is 10.0 Å². The van der Waals surface area contributed by atoms with Crippen molar-refractivity contribution in [3.8, 4) is 0 Å². The fourth-order valence-corrected chi connectivity index (χ4v) is 3.16. The van der Waals surface area contributed by atoms with Crippen molar-refractivity contribution in [1.29, 1.82) is 0 Å². The van der Waals surface area contributed by atoms with E-state index >= 15 is 0 Å². The van der Waals surface area contributed by atoms with E-state index in [9.17, 15) is 8.42 Å². The summed E-state index contributed by atoms with van der Waals surface area (Å²) in [4.78, 5) is 4.42. The summed E-state index contributed by atoms with van der Waals surface area (Å²) >= 11 is 0. The molecule has 0 atom stereocenters. The average Bonchev–Trinajstić information content (AvgIpc) is 2.77. The van der Waals surface area contributed by atoms with Crippen molar-refractivity contribution < 1.29 is 12.8 Å². The molecule has 0 amide bonds. The number of aromatic nitrogens is 1. The van der Waals surface area contributed by atoms with E-state index in [4.69, 9.17) is 4.42 Å². The number of sulfonamides is 1. The summed E-state index contributed by atoms with van der Waals surface area (Å²) in [7, 11) is -1.83. The Bertz CT molecular complexity index is 703. The van der Waals surface area contributed by atoms with Gasteiger partial charge in [-0.15, -0.1) is 0 Å². The summed E-state index contributed by atoms with van der Waals surface area (Å²) in [5.74, 6) is 1.06. The summed E-state index contributed by atoms with van der Waals surface area (Å²) in [6.45, 7) is 4.13. The predicted octanol–water partition coefficient (Wildman–Crippen LogP) is 1.49. The van der Waals surface area contributed by atoms with Crippen LogP contribution in [0.3, 0.4) is 0 Å². The molecule has 0 aliphatic heterocycles. The van der Waals surface area contributed by atoms with Crippen molar-refractivity contribution in [2.45, 2.75) is 31.8 Å². The van der Waals surface area contributed by atoms with Crippen molar-refractivity contribution in [1.82, 2.24) is 15.0 Å². The molecule has 2 rings (SSSR count). The van der Waals surface area contributed by atoms with Crippen LogP contribution in [0.4, 0.5) is 0 Å². The second kappa shape index (κ2) is 6.38. The SMILES string of the molecule is CNCc1ccccc1S(=O)(=O)NCc1nc(C)c(C)o1. The Hall–Kier alpha value is -1.70. The molecule has 0 bridgehead atoms. The van der Waals surface area contributed by atoms with Gasteiger partial charge < -0.3 is 9.73 Å². The van der Waals surface area contributed by atoms with Crippen molar-refractivity contribution in [3.05, 3.63) is 47.2 Å². The molecule has 1 heterocycles. The van der Waals surface area contributed by atoms with Gasteiger partial charge >= 0.3 is 0 Å². The topological polar surface area (TPSA) is 84.2 Å². The van der Waals surface area contributed by atoms with Gasteiger partial charge in [-0.3, -0.25) is 0 Å². The lowest BCUT2D eigenvalue weighted by Crippen LogP contribution is -2.25. The van der Waals surface area contributed by atoms with E-state index in [2.05, 4.69) is 15.0 Å². The van der Waals surface area contributed by atoms with Crippen LogP contribution in [-0.4, -0.2) is 20.4 Å². The minimum absolute atomic E-state index is 0.0326. The van der Waals surface area contributed by atoms with Gasteiger partial charge in [-0.1, -0.05) is 18.2 Å². The Morgan fingerprint density at radius 2 is 1.90 bits per heavy atom. The number of nitrogens with zero attached hydrogens (tertiary/aromatic N) is 1. The molecule has 21 heavy (non-hydrogen) atoms. The van der Waals surface area contributed by atoms with Gasteiger partial charge in [0.15, 0.2) is 0 Å². The molecular formula is C14H19N3O3S. The summed E-state index contributed by atoms with van der Waals surface area (Å²) < 4.78 is 32.7. The normalized spacial score (nSPS) is 11.8. The van der Waals surface area contributed by atoms with E-state index in [0.29, 0.717) is 23.8 Å². The van der Waals surface area contributed by atoms with E-state index in [0.717, 1.165) is 5.69 Å². The molecule has 0 saturated carbocycles. The van der Waals surface area contributed by atoms with Crippen LogP contribution in [0.25, 0.3) is 0 Å². The lowest BCUT2D eigenvalue weighted by molar-refractivity contribution is 0.463. The predicted molar refractivity (Wildman–Crippen MR) is 79.2 cm³/mol. The van der Waals surface area contributed by atoms with E-state index in [1.807, 2.05) is 13.0 Å². The van der Waals surface area contributed by atoms with Crippen LogP contribution < -0.4 is 10.0 Å². The van der Waals surface area contributed by atoms with Crippen LogP contribution in [0.15, 0.2) is 33.6 Å². The summed E-state index contributed by atoms with van der Waals surface area (Å²) in [5, 5.41) is 2.96. The fraction of sp³-hybridized carbons (Fsp3) is 0.357. The Morgan fingerprint density at radius 3 is 2.52 bits per heavy atom. The zero-order valence-electron chi connectivity index (χ0n) is 12.3. The van der Waals surface area contributed by atoms with Crippen molar-refractivity contribution >= 4 is 10.0 Å². The summed E-state index contributed by atoms with van der Waals surface area (Å²) in [6.07, 6.45) is 0. The third-order valence-corrected chi connectivity index (χ3v) is 4.62. The van der Waals surface area contributed by atoms with Crippen LogP contribution in [-0.2, 0) is 23.1 Å². The molecule has 6 nitrogen and oxygen atoms in total. The molecule has 0 aliphatic carbocycles. The van der Waals surface area contributed by atoms with Gasteiger partial charge in [0.25, 0.3) is 0 Å². The smallest absolute Gasteiger partial charge is 0.241 e. The van der Waals surface area contributed by atoms with Crippen LogP contribution in [0.1, 0.15) is 22.9 Å². The second-order valence-electron chi connectivity index (χ2n) is 4.71. The lowest BCUT2D eigenvalue weighted by atomic mass is 10.2. The van der Waals surface area contributed by atoms with Gasteiger partial charge in [0, 0.05) is 6.54 Å². The van der Waals surface area contributed by atoms with Crippen LogP contribution in [0.5, 0.6) is 0 Å². The minimum atomic E-state index is -3.60. The highest BCUT2D eigenvalue weighted by Gasteiger charge is 2.18. The second-order valence-corrected chi connectivity index (χ2v) is 6.45. The first-order valence-electron chi connectivity index (χ1n) is 6.59. The maximum Gasteiger partial charge on any atom is 0.241 e. The molecule has 0 fully saturated rings. The molecule has 0 radical (unpaired) electrons. The van der Waals surface area contributed by atoms with Gasteiger partial charge in [0.05, 0.1) is 17.1 Å². The van der Waals surface area contributed by atoms with Gasteiger partial charge in [-0.25, -0.2) is 18.1 Å². The van der Waals surface area contributed by atoms with Crippen molar-refractivity contribution in [2.75, 3.05) is 7.05 Å². The number of oxazole rings is 1. The zero-order chi connectivity index (χ0) is 15.5. The quantitative estimate of drug-likeness (QED) is 0.844. The lowest BCUT2D eigenvalue weighted by Gasteiger charge is -2.10. The number of rotatable bonds is 6.